The molecule has 0 saturated heterocycles. The predicted molar refractivity (Wildman–Crippen MR) is 73.7 cm³/mol. The third-order valence-electron chi connectivity index (χ3n) is 2.51. The molecule has 0 radical (unpaired) electrons. The van der Waals surface area contributed by atoms with Crippen molar-refractivity contribution < 1.29 is 4.79 Å². The summed E-state index contributed by atoms with van der Waals surface area (Å²) in [6.07, 6.45) is 6.40. The average Bonchev–Trinajstić information content (AvgIpc) is 2.38. The van der Waals surface area contributed by atoms with Crippen molar-refractivity contribution in [3.8, 4) is 0 Å². The zero-order chi connectivity index (χ0) is 12.7. The molecule has 0 spiro atoms. The fourth-order valence-corrected chi connectivity index (χ4v) is 1.95. The van der Waals surface area contributed by atoms with Crippen molar-refractivity contribution in [3.63, 3.8) is 0 Å². The van der Waals surface area contributed by atoms with Crippen LogP contribution in [0.1, 0.15) is 16.8 Å². The maximum absolute atomic E-state index is 12.2. The maximum Gasteiger partial charge on any atom is 0.255 e. The van der Waals surface area contributed by atoms with Gasteiger partial charge in [0, 0.05) is 26.8 Å². The van der Waals surface area contributed by atoms with Crippen LogP contribution in [0.2, 0.25) is 0 Å². The molecule has 0 aliphatic rings. The third kappa shape index (κ3) is 3.93. The number of aromatic nitrogens is 1. The molecule has 94 valence electrons. The Balaban J connectivity index is 2.67. The number of anilines is 1. The molecule has 1 amide bonds. The standard InChI is InChI=1S/C12H19N3OS/c1-13-11-9-14-6-5-10(11)12(16)15(2)7-4-8-17-3/h5-6,9,13H,4,7-8H2,1-3H3. The predicted octanol–water partition coefficient (Wildman–Crippen LogP) is 1.95. The van der Waals surface area contributed by atoms with E-state index in [1.54, 1.807) is 42.2 Å². The Bertz CT molecular complexity index is 371. The largest absolute Gasteiger partial charge is 0.386 e. The number of rotatable bonds is 6. The Hall–Kier alpha value is -1.23. The molecular formula is C12H19N3OS. The van der Waals surface area contributed by atoms with Crippen LogP contribution >= 0.6 is 11.8 Å². The molecule has 0 aromatic carbocycles. The van der Waals surface area contributed by atoms with Crippen molar-refractivity contribution in [2.24, 2.45) is 0 Å². The van der Waals surface area contributed by atoms with Crippen LogP contribution in [0.25, 0.3) is 0 Å². The quantitative estimate of drug-likeness (QED) is 0.787. The summed E-state index contributed by atoms with van der Waals surface area (Å²) in [5.41, 5.74) is 1.45. The minimum absolute atomic E-state index is 0.0397. The summed E-state index contributed by atoms with van der Waals surface area (Å²) >= 11 is 1.80. The molecule has 17 heavy (non-hydrogen) atoms. The van der Waals surface area contributed by atoms with Gasteiger partial charge < -0.3 is 10.2 Å². The summed E-state index contributed by atoms with van der Waals surface area (Å²) in [6, 6.07) is 1.75. The van der Waals surface area contributed by atoms with Crippen LogP contribution in [0.5, 0.6) is 0 Å². The minimum atomic E-state index is 0.0397. The van der Waals surface area contributed by atoms with Crippen molar-refractivity contribution in [2.45, 2.75) is 6.42 Å². The van der Waals surface area contributed by atoms with Crippen LogP contribution in [0.15, 0.2) is 18.5 Å². The number of nitrogens with one attached hydrogen (secondary N) is 1. The lowest BCUT2D eigenvalue weighted by Gasteiger charge is -2.18. The van der Waals surface area contributed by atoms with Crippen molar-refractivity contribution in [1.82, 2.24) is 9.88 Å². The molecule has 1 aromatic rings. The van der Waals surface area contributed by atoms with Crippen molar-refractivity contribution in [1.29, 1.82) is 0 Å². The third-order valence-corrected chi connectivity index (χ3v) is 3.21. The van der Waals surface area contributed by atoms with Gasteiger partial charge in [-0.05, 0) is 24.5 Å². The lowest BCUT2D eigenvalue weighted by molar-refractivity contribution is 0.0796. The number of hydrogen-bond donors (Lipinski definition) is 1. The number of nitrogens with zero attached hydrogens (tertiary/aromatic N) is 2. The summed E-state index contributed by atoms with van der Waals surface area (Å²) < 4.78 is 0. The zero-order valence-corrected chi connectivity index (χ0v) is 11.4. The second-order valence-electron chi connectivity index (χ2n) is 3.74. The van der Waals surface area contributed by atoms with Crippen LogP contribution in [0, 0.1) is 0 Å². The number of carbonyl (C=O) groups excluding carboxylic acids is 1. The molecule has 0 saturated carbocycles. The van der Waals surface area contributed by atoms with E-state index in [1.807, 2.05) is 7.05 Å². The van der Waals surface area contributed by atoms with E-state index in [1.165, 1.54) is 0 Å². The number of carbonyl (C=O) groups is 1. The van der Waals surface area contributed by atoms with Gasteiger partial charge in [0.25, 0.3) is 5.91 Å². The zero-order valence-electron chi connectivity index (χ0n) is 10.6. The van der Waals surface area contributed by atoms with Crippen LogP contribution in [0.3, 0.4) is 0 Å². The molecule has 5 heteroatoms. The second kappa shape index (κ2) is 7.17. The average molecular weight is 253 g/mol. The Labute approximate surface area is 107 Å². The highest BCUT2D eigenvalue weighted by Gasteiger charge is 2.14. The van der Waals surface area contributed by atoms with Crippen molar-refractivity contribution in [3.05, 3.63) is 24.0 Å². The topological polar surface area (TPSA) is 45.2 Å². The van der Waals surface area contributed by atoms with E-state index in [2.05, 4.69) is 16.6 Å². The van der Waals surface area contributed by atoms with Gasteiger partial charge in [0.05, 0.1) is 17.4 Å². The molecule has 0 unspecified atom stereocenters. The van der Waals surface area contributed by atoms with E-state index in [-0.39, 0.29) is 5.91 Å². The minimum Gasteiger partial charge on any atom is -0.386 e. The lowest BCUT2D eigenvalue weighted by atomic mass is 10.2. The van der Waals surface area contributed by atoms with E-state index < -0.39 is 0 Å². The number of thioether (sulfide) groups is 1. The summed E-state index contributed by atoms with van der Waals surface area (Å²) in [4.78, 5) is 17.9. The van der Waals surface area contributed by atoms with Gasteiger partial charge in [0.15, 0.2) is 0 Å². The summed E-state index contributed by atoms with van der Waals surface area (Å²) in [5, 5.41) is 2.98. The molecule has 0 bridgehead atoms. The molecule has 0 fully saturated rings. The molecule has 1 rings (SSSR count). The molecule has 0 aliphatic heterocycles. The van der Waals surface area contributed by atoms with Gasteiger partial charge in [-0.3, -0.25) is 9.78 Å². The summed E-state index contributed by atoms with van der Waals surface area (Å²) in [6.45, 7) is 0.783. The number of amides is 1. The van der Waals surface area contributed by atoms with Crippen molar-refractivity contribution in [2.75, 3.05) is 38.0 Å². The Kier molecular flexibility index (Phi) is 5.83. The first-order valence-corrected chi connectivity index (χ1v) is 6.96. The van der Waals surface area contributed by atoms with Crippen LogP contribution < -0.4 is 5.32 Å². The highest BCUT2D eigenvalue weighted by Crippen LogP contribution is 2.14. The van der Waals surface area contributed by atoms with Gasteiger partial charge in [-0.25, -0.2) is 0 Å². The van der Waals surface area contributed by atoms with Gasteiger partial charge in [0.1, 0.15) is 0 Å². The van der Waals surface area contributed by atoms with Crippen LogP contribution in [-0.4, -0.2) is 48.4 Å². The molecule has 1 aromatic heterocycles. The molecule has 0 aliphatic carbocycles. The highest BCUT2D eigenvalue weighted by molar-refractivity contribution is 7.98. The Morgan fingerprint density at radius 3 is 3.00 bits per heavy atom. The first kappa shape index (κ1) is 13.8. The van der Waals surface area contributed by atoms with Gasteiger partial charge in [0.2, 0.25) is 0 Å². The number of hydrogen-bond acceptors (Lipinski definition) is 4. The maximum atomic E-state index is 12.2. The summed E-state index contributed by atoms with van der Waals surface area (Å²) in [5.74, 6) is 1.12. The molecule has 4 nitrogen and oxygen atoms in total. The van der Waals surface area contributed by atoms with E-state index in [0.29, 0.717) is 5.56 Å². The first-order valence-electron chi connectivity index (χ1n) is 5.57. The van der Waals surface area contributed by atoms with Gasteiger partial charge in [-0.2, -0.15) is 11.8 Å². The second-order valence-corrected chi connectivity index (χ2v) is 4.73. The normalized spacial score (nSPS) is 10.1. The molecule has 0 atom stereocenters. The monoisotopic (exact) mass is 253 g/mol. The van der Waals surface area contributed by atoms with E-state index in [4.69, 9.17) is 0 Å². The Morgan fingerprint density at radius 2 is 2.35 bits per heavy atom. The van der Waals surface area contributed by atoms with Gasteiger partial charge in [-0.1, -0.05) is 0 Å². The molecular weight excluding hydrogens is 234 g/mol. The molecule has 1 heterocycles. The van der Waals surface area contributed by atoms with Crippen molar-refractivity contribution >= 4 is 23.4 Å². The van der Waals surface area contributed by atoms with E-state index in [9.17, 15) is 4.79 Å². The van der Waals surface area contributed by atoms with Gasteiger partial charge >= 0.3 is 0 Å². The Morgan fingerprint density at radius 1 is 1.59 bits per heavy atom. The van der Waals surface area contributed by atoms with Crippen LogP contribution in [-0.2, 0) is 0 Å². The van der Waals surface area contributed by atoms with E-state index >= 15 is 0 Å². The number of pyridine rings is 1. The first-order chi connectivity index (χ1) is 8.20. The van der Waals surface area contributed by atoms with Gasteiger partial charge in [-0.15, -0.1) is 0 Å². The molecule has 1 N–H and O–H groups in total. The fraction of sp³-hybridized carbons (Fsp3) is 0.500. The van der Waals surface area contributed by atoms with Crippen LogP contribution in [0.4, 0.5) is 5.69 Å². The lowest BCUT2D eigenvalue weighted by Crippen LogP contribution is -2.28. The fourth-order valence-electron chi connectivity index (χ4n) is 1.53. The smallest absolute Gasteiger partial charge is 0.255 e. The highest BCUT2D eigenvalue weighted by atomic mass is 32.2. The SMILES string of the molecule is CNc1cnccc1C(=O)N(C)CCCSC. The summed E-state index contributed by atoms with van der Waals surface area (Å²) in [7, 11) is 3.63. The van der Waals surface area contributed by atoms with E-state index in [0.717, 1.165) is 24.4 Å².